The molecule has 0 spiro atoms. The number of anilines is 3. The molecule has 0 amide bonds. The van der Waals surface area contributed by atoms with Crippen LogP contribution in [-0.2, 0) is 10.0 Å². The highest BCUT2D eigenvalue weighted by Gasteiger charge is 2.34. The lowest BCUT2D eigenvalue weighted by atomic mass is 9.96. The number of β-amino-alcohol motifs (C(OH)–C–C–N with tert-alkyl or cyclic N) is 1. The minimum Gasteiger partial charge on any atom is -0.497 e. The number of rotatable bonds is 6. The first-order valence-electron chi connectivity index (χ1n) is 12.0. The van der Waals surface area contributed by atoms with Gasteiger partial charge in [0.15, 0.2) is 0 Å². The molecule has 0 radical (unpaired) electrons. The van der Waals surface area contributed by atoms with E-state index in [-0.39, 0.29) is 18.3 Å². The van der Waals surface area contributed by atoms with Gasteiger partial charge in [0.25, 0.3) is 10.0 Å². The Morgan fingerprint density at radius 1 is 1.00 bits per heavy atom. The molecule has 0 saturated carbocycles. The highest BCUT2D eigenvalue weighted by atomic mass is 35.5. The van der Waals surface area contributed by atoms with Crippen molar-refractivity contribution in [3.8, 4) is 5.75 Å². The molecular weight excluding hydrogens is 498 g/mol. The summed E-state index contributed by atoms with van der Waals surface area (Å²) in [6.45, 7) is 2.61. The Kier molecular flexibility index (Phi) is 8.10. The van der Waals surface area contributed by atoms with Crippen LogP contribution < -0.4 is 14.4 Å². The smallest absolute Gasteiger partial charge is 0.266 e. The molecular formula is C27H32ClN3O4S. The number of fused-ring (bicyclic) bond motifs is 2. The molecule has 0 unspecified atom stereocenters. The summed E-state index contributed by atoms with van der Waals surface area (Å²) in [5, 5.41) is 14.0. The van der Waals surface area contributed by atoms with E-state index in [0.29, 0.717) is 29.4 Å². The van der Waals surface area contributed by atoms with Gasteiger partial charge in [0.1, 0.15) is 10.6 Å². The van der Waals surface area contributed by atoms with Gasteiger partial charge in [-0.05, 0) is 73.8 Å². The Morgan fingerprint density at radius 3 is 2.44 bits per heavy atom. The predicted octanol–water partition coefficient (Wildman–Crippen LogP) is 4.81. The van der Waals surface area contributed by atoms with E-state index >= 15 is 0 Å². The Bertz CT molecular complexity index is 1300. The van der Waals surface area contributed by atoms with Gasteiger partial charge in [-0.3, -0.25) is 4.31 Å². The SMILES string of the molecule is COc1cccc([C@@H](O)CN2CCC(CN3c4ccccc4Nc4ccccc4S3(=O)=O)CC2)c1.Cl. The summed E-state index contributed by atoms with van der Waals surface area (Å²) in [4.78, 5) is 2.55. The van der Waals surface area contributed by atoms with Crippen LogP contribution in [0.15, 0.2) is 77.7 Å². The number of ether oxygens (including phenoxy) is 1. The molecule has 36 heavy (non-hydrogen) atoms. The summed E-state index contributed by atoms with van der Waals surface area (Å²) in [5.41, 5.74) is 2.91. The maximum Gasteiger partial charge on any atom is 0.266 e. The molecule has 192 valence electrons. The molecule has 1 fully saturated rings. The van der Waals surface area contributed by atoms with E-state index in [0.717, 1.165) is 42.9 Å². The van der Waals surface area contributed by atoms with Crippen molar-refractivity contribution in [2.45, 2.75) is 23.8 Å². The number of para-hydroxylation sites is 3. The minimum atomic E-state index is -3.70. The van der Waals surface area contributed by atoms with Gasteiger partial charge in [-0.15, -0.1) is 12.4 Å². The molecule has 2 aliphatic rings. The zero-order valence-electron chi connectivity index (χ0n) is 20.2. The third kappa shape index (κ3) is 5.32. The van der Waals surface area contributed by atoms with Gasteiger partial charge in [0.05, 0.1) is 30.3 Å². The number of halogens is 1. The van der Waals surface area contributed by atoms with E-state index in [1.807, 2.05) is 54.6 Å². The maximum atomic E-state index is 13.7. The molecule has 3 aromatic carbocycles. The van der Waals surface area contributed by atoms with Gasteiger partial charge in [0, 0.05) is 13.1 Å². The highest BCUT2D eigenvalue weighted by Crippen LogP contribution is 2.40. The van der Waals surface area contributed by atoms with Crippen molar-refractivity contribution < 1.29 is 18.3 Å². The molecule has 5 rings (SSSR count). The van der Waals surface area contributed by atoms with Gasteiger partial charge < -0.3 is 20.1 Å². The number of hydrogen-bond acceptors (Lipinski definition) is 6. The fraction of sp³-hybridized carbons (Fsp3) is 0.333. The number of aliphatic hydroxyl groups excluding tert-OH is 1. The number of nitrogens with zero attached hydrogens (tertiary/aromatic N) is 2. The maximum absolute atomic E-state index is 13.7. The highest BCUT2D eigenvalue weighted by molar-refractivity contribution is 7.93. The molecule has 2 heterocycles. The van der Waals surface area contributed by atoms with E-state index < -0.39 is 16.1 Å². The lowest BCUT2D eigenvalue weighted by Crippen LogP contribution is -2.42. The van der Waals surface area contributed by atoms with Crippen molar-refractivity contribution in [2.75, 3.05) is 42.9 Å². The number of aliphatic hydroxyl groups is 1. The number of piperidine rings is 1. The normalized spacial score (nSPS) is 18.1. The van der Waals surface area contributed by atoms with Crippen LogP contribution in [0.2, 0.25) is 0 Å². The van der Waals surface area contributed by atoms with Gasteiger partial charge in [-0.25, -0.2) is 8.42 Å². The molecule has 2 N–H and O–H groups in total. The molecule has 3 aromatic rings. The van der Waals surface area contributed by atoms with Crippen LogP contribution >= 0.6 is 12.4 Å². The first-order chi connectivity index (χ1) is 17.0. The van der Waals surface area contributed by atoms with Crippen molar-refractivity contribution in [1.82, 2.24) is 4.90 Å². The van der Waals surface area contributed by atoms with E-state index in [2.05, 4.69) is 10.2 Å². The van der Waals surface area contributed by atoms with Crippen molar-refractivity contribution in [1.29, 1.82) is 0 Å². The zero-order valence-corrected chi connectivity index (χ0v) is 21.8. The standard InChI is InChI=1S/C27H31N3O4S.ClH/c1-34-22-8-6-7-21(17-22)26(31)19-29-15-13-20(14-16-29)18-30-25-11-4-2-9-23(25)28-24-10-3-5-12-27(24)35(30,32)33;/h2-12,17,20,26,28,31H,13-16,18-19H2,1H3;1H/t26-;/m0./s1. The van der Waals surface area contributed by atoms with Gasteiger partial charge >= 0.3 is 0 Å². The number of sulfonamides is 1. The Hall–Kier alpha value is -2.78. The molecule has 1 atom stereocenters. The molecule has 2 aliphatic heterocycles. The second-order valence-electron chi connectivity index (χ2n) is 9.21. The lowest BCUT2D eigenvalue weighted by molar-refractivity contribution is 0.0903. The second-order valence-corrected chi connectivity index (χ2v) is 11.0. The summed E-state index contributed by atoms with van der Waals surface area (Å²) in [6.07, 6.45) is 1.14. The zero-order chi connectivity index (χ0) is 24.4. The number of benzene rings is 3. The van der Waals surface area contributed by atoms with Crippen LogP contribution in [0.1, 0.15) is 24.5 Å². The molecule has 9 heteroatoms. The number of nitrogens with one attached hydrogen (secondary N) is 1. The molecule has 0 aromatic heterocycles. The molecule has 0 aliphatic carbocycles. The summed E-state index contributed by atoms with van der Waals surface area (Å²) in [6, 6.07) is 22.2. The average Bonchev–Trinajstić information content (AvgIpc) is 2.97. The Labute approximate surface area is 219 Å². The molecule has 1 saturated heterocycles. The van der Waals surface area contributed by atoms with Crippen LogP contribution in [-0.4, -0.2) is 51.7 Å². The first kappa shape index (κ1) is 26.3. The fourth-order valence-corrected chi connectivity index (χ4v) is 6.68. The Balaban J connectivity index is 0.00000304. The lowest BCUT2D eigenvalue weighted by Gasteiger charge is -2.36. The fourth-order valence-electron chi connectivity index (χ4n) is 4.97. The van der Waals surface area contributed by atoms with Crippen LogP contribution in [0.4, 0.5) is 17.1 Å². The summed E-state index contributed by atoms with van der Waals surface area (Å²) in [5.74, 6) is 0.962. The first-order valence-corrected chi connectivity index (χ1v) is 13.4. The number of hydrogen-bond donors (Lipinski definition) is 2. The van der Waals surface area contributed by atoms with Crippen LogP contribution in [0.25, 0.3) is 0 Å². The van der Waals surface area contributed by atoms with Crippen LogP contribution in [0.3, 0.4) is 0 Å². The topological polar surface area (TPSA) is 82.1 Å². The molecule has 7 nitrogen and oxygen atoms in total. The second kappa shape index (κ2) is 11.1. The summed E-state index contributed by atoms with van der Waals surface area (Å²) >= 11 is 0. The summed E-state index contributed by atoms with van der Waals surface area (Å²) in [7, 11) is -2.08. The van der Waals surface area contributed by atoms with E-state index in [4.69, 9.17) is 4.74 Å². The number of likely N-dealkylation sites (tertiary alicyclic amines) is 1. The quantitative estimate of drug-likeness (QED) is 0.476. The average molecular weight is 530 g/mol. The van der Waals surface area contributed by atoms with Crippen molar-refractivity contribution >= 4 is 39.5 Å². The third-order valence-electron chi connectivity index (χ3n) is 6.94. The van der Waals surface area contributed by atoms with E-state index in [1.165, 1.54) is 0 Å². The van der Waals surface area contributed by atoms with Crippen molar-refractivity contribution in [3.63, 3.8) is 0 Å². The van der Waals surface area contributed by atoms with Crippen molar-refractivity contribution in [2.24, 2.45) is 5.92 Å². The monoisotopic (exact) mass is 529 g/mol. The number of methoxy groups -OCH3 is 1. The largest absolute Gasteiger partial charge is 0.497 e. The predicted molar refractivity (Wildman–Crippen MR) is 145 cm³/mol. The van der Waals surface area contributed by atoms with Crippen LogP contribution in [0, 0.1) is 5.92 Å². The van der Waals surface area contributed by atoms with Crippen molar-refractivity contribution in [3.05, 3.63) is 78.4 Å². The minimum absolute atomic E-state index is 0. The van der Waals surface area contributed by atoms with E-state index in [1.54, 1.807) is 29.6 Å². The van der Waals surface area contributed by atoms with Gasteiger partial charge in [-0.1, -0.05) is 36.4 Å². The molecule has 0 bridgehead atoms. The van der Waals surface area contributed by atoms with Gasteiger partial charge in [0.2, 0.25) is 0 Å². The third-order valence-corrected chi connectivity index (χ3v) is 8.78. The Morgan fingerprint density at radius 2 is 1.69 bits per heavy atom. The summed E-state index contributed by atoms with van der Waals surface area (Å²) < 4.78 is 34.3. The van der Waals surface area contributed by atoms with E-state index in [9.17, 15) is 13.5 Å². The van der Waals surface area contributed by atoms with Crippen LogP contribution in [0.5, 0.6) is 5.75 Å². The van der Waals surface area contributed by atoms with Gasteiger partial charge in [-0.2, -0.15) is 0 Å².